The number of phosphoric ester groups is 1. The maximum atomic E-state index is 13.7. The van der Waals surface area contributed by atoms with Gasteiger partial charge in [-0.1, -0.05) is 66.7 Å². The number of phenolic OH excluding ortho intramolecular Hbond substituents is 1. The molecule has 0 aromatic heterocycles. The smallest absolute Gasteiger partial charge is 0.508 e. The summed E-state index contributed by atoms with van der Waals surface area (Å²) in [6, 6.07) is 24.3. The van der Waals surface area contributed by atoms with E-state index in [-0.39, 0.29) is 43.5 Å². The highest BCUT2D eigenvalue weighted by atomic mass is 31.2. The van der Waals surface area contributed by atoms with Crippen molar-refractivity contribution < 1.29 is 42.7 Å². The van der Waals surface area contributed by atoms with Crippen molar-refractivity contribution in [3.63, 3.8) is 0 Å². The maximum absolute atomic E-state index is 13.7. The number of nitrogens with two attached hydrogens (primary N) is 1. The lowest BCUT2D eigenvalue weighted by molar-refractivity contribution is -0.128. The van der Waals surface area contributed by atoms with E-state index in [1.54, 1.807) is 24.3 Å². The van der Waals surface area contributed by atoms with Crippen LogP contribution in [-0.4, -0.2) is 46.6 Å². The van der Waals surface area contributed by atoms with Crippen molar-refractivity contribution in [2.45, 2.75) is 37.5 Å². The molecular formula is C34H32N3O9P. The zero-order chi connectivity index (χ0) is 33.1. The lowest BCUT2D eigenvalue weighted by atomic mass is 9.98. The number of amides is 3. The topological polar surface area (TPSA) is 187 Å². The number of hydrogen-bond donors (Lipinski definition) is 5. The Labute approximate surface area is 270 Å². The van der Waals surface area contributed by atoms with Gasteiger partial charge in [-0.15, -0.1) is 0 Å². The van der Waals surface area contributed by atoms with E-state index in [1.807, 2.05) is 48.5 Å². The number of nitrogens with one attached hydrogen (secondary N) is 2. The first kappa shape index (κ1) is 31.8. The Morgan fingerprint density at radius 2 is 1.49 bits per heavy atom. The van der Waals surface area contributed by atoms with Crippen molar-refractivity contribution in [1.29, 1.82) is 0 Å². The molecule has 0 fully saturated rings. The molecule has 0 radical (unpaired) electrons. The minimum atomic E-state index is -4.21. The van der Waals surface area contributed by atoms with E-state index in [1.165, 1.54) is 18.2 Å². The molecule has 2 aliphatic rings. The summed E-state index contributed by atoms with van der Waals surface area (Å²) in [4.78, 5) is 48.9. The highest BCUT2D eigenvalue weighted by Crippen LogP contribution is 2.50. The predicted octanol–water partition coefficient (Wildman–Crippen LogP) is 4.06. The number of alkyl carbamates (subject to hydrolysis) is 1. The lowest BCUT2D eigenvalue weighted by Crippen LogP contribution is -2.54. The molecule has 13 heteroatoms. The monoisotopic (exact) mass is 657 g/mol. The van der Waals surface area contributed by atoms with Gasteiger partial charge in [-0.05, 0) is 57.6 Å². The third-order valence-corrected chi connectivity index (χ3v) is 9.03. The number of hydrogen-bond acceptors (Lipinski definition) is 8. The molecule has 6 rings (SSSR count). The number of benzene rings is 4. The molecule has 6 N–H and O–H groups in total. The Hall–Kier alpha value is -5.16. The lowest BCUT2D eigenvalue weighted by Gasteiger charge is -2.24. The molecule has 1 aliphatic carbocycles. The number of phenols is 1. The number of rotatable bonds is 10. The van der Waals surface area contributed by atoms with Gasteiger partial charge in [0, 0.05) is 24.3 Å². The largest absolute Gasteiger partial charge is 0.527 e. The van der Waals surface area contributed by atoms with E-state index in [0.29, 0.717) is 16.7 Å². The summed E-state index contributed by atoms with van der Waals surface area (Å²) in [7, 11) is -4.21. The number of ether oxygens (including phenoxy) is 1. The zero-order valence-corrected chi connectivity index (χ0v) is 25.9. The van der Waals surface area contributed by atoms with Crippen molar-refractivity contribution >= 4 is 25.7 Å². The van der Waals surface area contributed by atoms with Crippen LogP contribution in [0.25, 0.3) is 11.1 Å². The second-order valence-electron chi connectivity index (χ2n) is 11.3. The number of carbonyl (C=O) groups is 3. The number of fused-ring (bicyclic) bond motifs is 4. The molecule has 4 aromatic rings. The summed E-state index contributed by atoms with van der Waals surface area (Å²) >= 11 is 0. The van der Waals surface area contributed by atoms with Crippen molar-refractivity contribution in [2.24, 2.45) is 5.73 Å². The van der Waals surface area contributed by atoms with Crippen molar-refractivity contribution in [3.05, 3.63) is 119 Å². The number of primary amides is 1. The first-order valence-corrected chi connectivity index (χ1v) is 16.3. The van der Waals surface area contributed by atoms with Crippen LogP contribution < -0.4 is 20.9 Å². The molecule has 1 aliphatic heterocycles. The Morgan fingerprint density at radius 3 is 2.15 bits per heavy atom. The Morgan fingerprint density at radius 1 is 0.872 bits per heavy atom. The molecule has 12 nitrogen and oxygen atoms in total. The van der Waals surface area contributed by atoms with Gasteiger partial charge in [0.05, 0.1) is 6.61 Å². The van der Waals surface area contributed by atoms with Gasteiger partial charge >= 0.3 is 13.9 Å². The van der Waals surface area contributed by atoms with Crippen LogP contribution in [0.4, 0.5) is 4.79 Å². The van der Waals surface area contributed by atoms with E-state index < -0.39 is 37.8 Å². The summed E-state index contributed by atoms with van der Waals surface area (Å²) in [5.74, 6) is -1.47. The second-order valence-corrected chi connectivity index (χ2v) is 12.7. The Bertz CT molecular complexity index is 1840. The van der Waals surface area contributed by atoms with Gasteiger partial charge in [0.2, 0.25) is 11.8 Å². The quantitative estimate of drug-likeness (QED) is 0.157. The molecule has 0 spiro atoms. The van der Waals surface area contributed by atoms with Crippen molar-refractivity contribution in [2.75, 3.05) is 6.61 Å². The zero-order valence-electron chi connectivity index (χ0n) is 25.0. The number of carbonyl (C=O) groups excluding carboxylic acids is 3. The molecular weight excluding hydrogens is 625 g/mol. The average Bonchev–Trinajstić information content (AvgIpc) is 3.37. The summed E-state index contributed by atoms with van der Waals surface area (Å²) in [5, 5.41) is 14.9. The van der Waals surface area contributed by atoms with Gasteiger partial charge in [-0.2, -0.15) is 0 Å². The van der Waals surface area contributed by atoms with E-state index in [2.05, 4.69) is 10.6 Å². The standard InChI is InChI=1S/C34H32N3O9P/c35-32(39)29(16-20-9-12-23(38)13-10-20)36-33(40)30(17-21-11-14-31-22(15-21)18-45-47(42,43)46-31)37-34(41)44-19-28-26-7-3-1-5-24(26)25-6-2-4-8-27(25)28/h1-15,28-30,38H,16-19H2,(H2,35,39)(H,36,40)(H,37,41)(H,42,43)/t29-,30-/m0/s1. The fraction of sp³-hybridized carbons (Fsp3) is 0.206. The third kappa shape index (κ3) is 7.30. The van der Waals surface area contributed by atoms with Gasteiger partial charge in [-0.25, -0.2) is 9.36 Å². The molecule has 1 unspecified atom stereocenters. The fourth-order valence-electron chi connectivity index (χ4n) is 5.85. The molecule has 1 heterocycles. The third-order valence-electron chi connectivity index (χ3n) is 8.15. The second kappa shape index (κ2) is 13.3. The number of phosphoric acid groups is 1. The van der Waals surface area contributed by atoms with Gasteiger partial charge in [0.15, 0.2) is 0 Å². The van der Waals surface area contributed by atoms with Crippen LogP contribution in [0.2, 0.25) is 0 Å². The summed E-state index contributed by atoms with van der Waals surface area (Å²) in [5.41, 5.74) is 11.5. The fourth-order valence-corrected chi connectivity index (χ4v) is 6.64. The molecule has 0 bridgehead atoms. The molecule has 3 atom stereocenters. The first-order chi connectivity index (χ1) is 22.6. The number of aromatic hydroxyl groups is 1. The van der Waals surface area contributed by atoms with Crippen LogP contribution >= 0.6 is 7.82 Å². The van der Waals surface area contributed by atoms with Gasteiger partial charge in [0.1, 0.15) is 30.2 Å². The normalized spacial score (nSPS) is 17.6. The van der Waals surface area contributed by atoms with Crippen LogP contribution in [0.5, 0.6) is 11.5 Å². The molecule has 3 amide bonds. The predicted molar refractivity (Wildman–Crippen MR) is 170 cm³/mol. The van der Waals surface area contributed by atoms with E-state index in [9.17, 15) is 28.9 Å². The Balaban J connectivity index is 1.19. The van der Waals surface area contributed by atoms with E-state index in [0.717, 1.165) is 22.3 Å². The van der Waals surface area contributed by atoms with Crippen molar-refractivity contribution in [3.8, 4) is 22.6 Å². The molecule has 0 saturated heterocycles. The summed E-state index contributed by atoms with van der Waals surface area (Å²) < 4.78 is 27.4. The summed E-state index contributed by atoms with van der Waals surface area (Å²) in [6.07, 6.45) is -0.828. The van der Waals surface area contributed by atoms with Gasteiger partial charge in [0.25, 0.3) is 0 Å². The average molecular weight is 658 g/mol. The minimum Gasteiger partial charge on any atom is -0.508 e. The maximum Gasteiger partial charge on any atom is 0.527 e. The molecule has 242 valence electrons. The van der Waals surface area contributed by atoms with Gasteiger partial charge < -0.3 is 30.7 Å². The van der Waals surface area contributed by atoms with Crippen LogP contribution in [0, 0.1) is 0 Å². The van der Waals surface area contributed by atoms with Crippen LogP contribution in [0.15, 0.2) is 91.0 Å². The Kier molecular flexibility index (Phi) is 8.99. The molecule has 47 heavy (non-hydrogen) atoms. The van der Waals surface area contributed by atoms with Crippen LogP contribution in [-0.2, 0) is 42.9 Å². The molecule has 4 aromatic carbocycles. The molecule has 0 saturated carbocycles. The SMILES string of the molecule is NC(=O)[C@H](Cc1ccc(O)cc1)NC(=O)[C@H](Cc1ccc2c(c1)COP(=O)(O)O2)NC(=O)OCC1c2ccccc2-c2ccccc21. The van der Waals surface area contributed by atoms with Gasteiger partial charge in [-0.3, -0.25) is 19.0 Å². The minimum absolute atomic E-state index is 0.0215. The van der Waals surface area contributed by atoms with E-state index >= 15 is 0 Å². The first-order valence-electron chi connectivity index (χ1n) is 14.8. The highest BCUT2D eigenvalue weighted by molar-refractivity contribution is 7.47. The van der Waals surface area contributed by atoms with E-state index in [4.69, 9.17) is 19.5 Å². The van der Waals surface area contributed by atoms with Crippen LogP contribution in [0.3, 0.4) is 0 Å². The summed E-state index contributed by atoms with van der Waals surface area (Å²) in [6.45, 7) is -0.169. The highest BCUT2D eigenvalue weighted by Gasteiger charge is 2.32. The van der Waals surface area contributed by atoms with Crippen LogP contribution in [0.1, 0.15) is 33.7 Å². The van der Waals surface area contributed by atoms with Crippen molar-refractivity contribution in [1.82, 2.24) is 10.6 Å².